The Balaban J connectivity index is 2.74. The van der Waals surface area contributed by atoms with Gasteiger partial charge in [0.1, 0.15) is 0 Å². The van der Waals surface area contributed by atoms with Crippen molar-refractivity contribution in [1.82, 2.24) is 0 Å². The van der Waals surface area contributed by atoms with Gasteiger partial charge >= 0.3 is 0 Å². The molecule has 50 valence electrons. The van der Waals surface area contributed by atoms with Gasteiger partial charge in [-0.25, -0.2) is 4.99 Å². The number of hydrogen-bond donors (Lipinski definition) is 2. The summed E-state index contributed by atoms with van der Waals surface area (Å²) in [5.74, 6) is 0.417. The summed E-state index contributed by atoms with van der Waals surface area (Å²) >= 11 is 0. The van der Waals surface area contributed by atoms with Gasteiger partial charge in [-0.3, -0.25) is 5.73 Å². The van der Waals surface area contributed by atoms with Crippen LogP contribution in [0.4, 0.5) is 4.39 Å². The van der Waals surface area contributed by atoms with E-state index in [1.54, 1.807) is 0 Å². The highest BCUT2D eigenvalue weighted by Crippen LogP contribution is 2.05. The summed E-state index contributed by atoms with van der Waals surface area (Å²) in [7, 11) is 0. The lowest BCUT2D eigenvalue weighted by Crippen LogP contribution is -2.74. The Morgan fingerprint density at radius 1 is 1.89 bits per heavy atom. The van der Waals surface area contributed by atoms with Gasteiger partial charge in [-0.05, 0) is 12.0 Å². The summed E-state index contributed by atoms with van der Waals surface area (Å²) < 4.78 is 12.3. The molecule has 2 nitrogen and oxygen atoms in total. The number of rotatable bonds is 0. The van der Waals surface area contributed by atoms with Crippen molar-refractivity contribution in [2.75, 3.05) is 0 Å². The van der Waals surface area contributed by atoms with E-state index in [2.05, 4.69) is 4.99 Å². The standard InChI is InChI=1S/C6H9FN2/c1-4-2-5(7)9-6(8)3-4/h2,4H,3H2,1H3,(H2,8,9)/p+1. The Hall–Kier alpha value is -0.860. The van der Waals surface area contributed by atoms with Crippen LogP contribution in [0.3, 0.4) is 0 Å². The van der Waals surface area contributed by atoms with Crippen LogP contribution in [-0.2, 0) is 0 Å². The highest BCUT2D eigenvalue weighted by atomic mass is 19.1. The molecule has 1 rings (SSSR count). The Morgan fingerprint density at radius 2 is 2.56 bits per heavy atom. The van der Waals surface area contributed by atoms with E-state index in [9.17, 15) is 4.39 Å². The maximum Gasteiger partial charge on any atom is 0.272 e. The largest absolute Gasteiger partial charge is 0.291 e. The predicted octanol–water partition coefficient (Wildman–Crippen LogP) is -0.725. The summed E-state index contributed by atoms with van der Waals surface area (Å²) in [5.41, 5.74) is 5.34. The van der Waals surface area contributed by atoms with Crippen molar-refractivity contribution >= 4 is 5.84 Å². The van der Waals surface area contributed by atoms with Gasteiger partial charge < -0.3 is 0 Å². The summed E-state index contributed by atoms with van der Waals surface area (Å²) in [6.45, 7) is 1.92. The normalized spacial score (nSPS) is 27.1. The zero-order valence-corrected chi connectivity index (χ0v) is 5.32. The molecule has 0 saturated carbocycles. The number of halogens is 1. The fraction of sp³-hybridized carbons (Fsp3) is 0.500. The molecule has 0 spiro atoms. The van der Waals surface area contributed by atoms with Crippen molar-refractivity contribution in [2.45, 2.75) is 13.3 Å². The molecule has 1 heterocycles. The first-order valence-corrected chi connectivity index (χ1v) is 2.94. The molecule has 0 amide bonds. The Labute approximate surface area is 53.3 Å². The predicted molar refractivity (Wildman–Crippen MR) is 33.1 cm³/mol. The van der Waals surface area contributed by atoms with Gasteiger partial charge in [-0.1, -0.05) is 6.92 Å². The maximum absolute atomic E-state index is 12.3. The molecule has 0 aromatic rings. The molecule has 9 heavy (non-hydrogen) atoms. The zero-order chi connectivity index (χ0) is 6.85. The minimum Gasteiger partial charge on any atom is -0.291 e. The van der Waals surface area contributed by atoms with E-state index in [4.69, 9.17) is 5.73 Å². The molecule has 1 unspecified atom stereocenters. The van der Waals surface area contributed by atoms with E-state index in [0.29, 0.717) is 5.84 Å². The fourth-order valence-electron chi connectivity index (χ4n) is 0.902. The maximum atomic E-state index is 12.3. The molecule has 0 radical (unpaired) electrons. The highest BCUT2D eigenvalue weighted by Gasteiger charge is 2.13. The van der Waals surface area contributed by atoms with Crippen LogP contribution in [0.15, 0.2) is 12.0 Å². The number of nitrogens with two attached hydrogens (primary N) is 1. The lowest BCUT2D eigenvalue weighted by Gasteiger charge is -2.05. The monoisotopic (exact) mass is 129 g/mol. The minimum atomic E-state index is -0.328. The molecule has 0 fully saturated rings. The molecule has 1 aliphatic heterocycles. The van der Waals surface area contributed by atoms with Crippen molar-refractivity contribution in [3.05, 3.63) is 12.0 Å². The third kappa shape index (κ3) is 1.52. The Kier molecular flexibility index (Phi) is 1.51. The molecule has 0 bridgehead atoms. The SMILES string of the molecule is CC1C=C(F)[NH+]=C(N)C1. The molecule has 3 N–H and O–H groups in total. The summed E-state index contributed by atoms with van der Waals surface area (Å²) in [4.78, 5) is 2.40. The van der Waals surface area contributed by atoms with E-state index >= 15 is 0 Å². The summed E-state index contributed by atoms with van der Waals surface area (Å²) in [6.07, 6.45) is 2.25. The van der Waals surface area contributed by atoms with Crippen LogP contribution in [0.5, 0.6) is 0 Å². The van der Waals surface area contributed by atoms with Crippen molar-refractivity contribution in [3.8, 4) is 0 Å². The number of allylic oxidation sites excluding steroid dienone is 1. The molecule has 0 aromatic heterocycles. The lowest BCUT2D eigenvalue weighted by atomic mass is 10.1. The van der Waals surface area contributed by atoms with Crippen molar-refractivity contribution in [2.24, 2.45) is 11.7 Å². The van der Waals surface area contributed by atoms with Gasteiger partial charge in [-0.2, -0.15) is 4.39 Å². The minimum absolute atomic E-state index is 0.228. The van der Waals surface area contributed by atoms with Gasteiger partial charge in [0.05, 0.1) is 6.42 Å². The van der Waals surface area contributed by atoms with Crippen LogP contribution < -0.4 is 10.7 Å². The van der Waals surface area contributed by atoms with Gasteiger partial charge in [0.25, 0.3) is 5.95 Å². The molecule has 0 saturated heterocycles. The van der Waals surface area contributed by atoms with E-state index in [1.807, 2.05) is 6.92 Å². The molecule has 3 heteroatoms. The average molecular weight is 129 g/mol. The van der Waals surface area contributed by atoms with Crippen LogP contribution in [0.1, 0.15) is 13.3 Å². The second kappa shape index (κ2) is 2.17. The molecule has 0 aromatic carbocycles. The van der Waals surface area contributed by atoms with Crippen LogP contribution in [0.25, 0.3) is 0 Å². The number of nitrogens with one attached hydrogen (secondary N) is 1. The Bertz CT molecular complexity index is 172. The Morgan fingerprint density at radius 3 is 3.00 bits per heavy atom. The lowest BCUT2D eigenvalue weighted by molar-refractivity contribution is -0.427. The second-order valence-corrected chi connectivity index (χ2v) is 2.35. The van der Waals surface area contributed by atoms with Gasteiger partial charge in [-0.15, -0.1) is 0 Å². The number of amidine groups is 1. The van der Waals surface area contributed by atoms with Crippen LogP contribution >= 0.6 is 0 Å². The summed E-state index contributed by atoms with van der Waals surface area (Å²) in [6, 6.07) is 0. The highest BCUT2D eigenvalue weighted by molar-refractivity contribution is 5.75. The fourth-order valence-corrected chi connectivity index (χ4v) is 0.902. The van der Waals surface area contributed by atoms with Crippen LogP contribution in [0, 0.1) is 5.92 Å². The summed E-state index contributed by atoms with van der Waals surface area (Å²) in [5, 5.41) is 0. The van der Waals surface area contributed by atoms with Crippen LogP contribution in [0.2, 0.25) is 0 Å². The van der Waals surface area contributed by atoms with Gasteiger partial charge in [0.15, 0.2) is 0 Å². The van der Waals surface area contributed by atoms with Gasteiger partial charge in [0.2, 0.25) is 5.84 Å². The zero-order valence-electron chi connectivity index (χ0n) is 5.32. The third-order valence-corrected chi connectivity index (χ3v) is 1.25. The van der Waals surface area contributed by atoms with Crippen molar-refractivity contribution in [1.29, 1.82) is 0 Å². The van der Waals surface area contributed by atoms with E-state index < -0.39 is 0 Å². The smallest absolute Gasteiger partial charge is 0.272 e. The van der Waals surface area contributed by atoms with E-state index in [-0.39, 0.29) is 11.9 Å². The first-order valence-electron chi connectivity index (χ1n) is 2.94. The average Bonchev–Trinajstić information content (AvgIpc) is 1.59. The first-order chi connectivity index (χ1) is 4.18. The molecule has 0 aliphatic carbocycles. The second-order valence-electron chi connectivity index (χ2n) is 2.35. The topological polar surface area (TPSA) is 40.0 Å². The first kappa shape index (κ1) is 6.26. The van der Waals surface area contributed by atoms with E-state index in [1.165, 1.54) is 6.08 Å². The molecule has 1 atom stereocenters. The quantitative estimate of drug-likeness (QED) is 0.416. The van der Waals surface area contributed by atoms with Crippen LogP contribution in [-0.4, -0.2) is 5.84 Å². The molecular weight excluding hydrogens is 119 g/mol. The van der Waals surface area contributed by atoms with Gasteiger partial charge in [0, 0.05) is 0 Å². The third-order valence-electron chi connectivity index (χ3n) is 1.25. The number of hydrogen-bond acceptors (Lipinski definition) is 1. The molecular formula is C6H10FN2+. The van der Waals surface area contributed by atoms with Crippen molar-refractivity contribution < 1.29 is 9.38 Å². The molecule has 1 aliphatic rings. The van der Waals surface area contributed by atoms with Crippen molar-refractivity contribution in [3.63, 3.8) is 0 Å². The van der Waals surface area contributed by atoms with E-state index in [0.717, 1.165) is 6.42 Å².